The van der Waals surface area contributed by atoms with Crippen LogP contribution in [0.3, 0.4) is 0 Å². The lowest BCUT2D eigenvalue weighted by Gasteiger charge is -2.36. The van der Waals surface area contributed by atoms with Gasteiger partial charge in [0.1, 0.15) is 5.60 Å². The van der Waals surface area contributed by atoms with Gasteiger partial charge in [-0.1, -0.05) is 6.07 Å². The van der Waals surface area contributed by atoms with Crippen LogP contribution < -0.4 is 4.90 Å². The van der Waals surface area contributed by atoms with Crippen LogP contribution in [0, 0.1) is 0 Å². The maximum Gasteiger partial charge on any atom is 0.410 e. The predicted octanol–water partition coefficient (Wildman–Crippen LogP) is 3.96. The minimum atomic E-state index is -0.432. The van der Waals surface area contributed by atoms with Crippen LogP contribution in [0.1, 0.15) is 20.8 Å². The van der Waals surface area contributed by atoms with Crippen molar-refractivity contribution in [3.05, 3.63) is 29.6 Å². The van der Waals surface area contributed by atoms with Gasteiger partial charge in [-0.2, -0.15) is 0 Å². The van der Waals surface area contributed by atoms with Gasteiger partial charge >= 0.3 is 6.09 Å². The maximum atomic E-state index is 12.1. The minimum Gasteiger partial charge on any atom is -0.444 e. The van der Waals surface area contributed by atoms with Crippen LogP contribution in [-0.2, 0) is 4.74 Å². The third kappa shape index (κ3) is 3.35. The lowest BCUT2D eigenvalue weighted by molar-refractivity contribution is 0.0240. The van der Waals surface area contributed by atoms with E-state index in [0.717, 1.165) is 13.1 Å². The normalized spacial score (nSPS) is 16.1. The Morgan fingerprint density at radius 1 is 1.14 bits per heavy atom. The van der Waals surface area contributed by atoms with Crippen LogP contribution in [0.25, 0.3) is 10.1 Å². The Hall–Kier alpha value is -1.75. The molecule has 3 rings (SSSR count). The summed E-state index contributed by atoms with van der Waals surface area (Å²) in [5.74, 6) is 0. The molecule has 1 fully saturated rings. The molecule has 0 atom stereocenters. The third-order valence-electron chi connectivity index (χ3n) is 3.74. The van der Waals surface area contributed by atoms with Crippen molar-refractivity contribution in [2.45, 2.75) is 26.4 Å². The molecule has 2 aromatic rings. The van der Waals surface area contributed by atoms with Crippen LogP contribution in [0.4, 0.5) is 10.5 Å². The van der Waals surface area contributed by atoms with Crippen molar-refractivity contribution in [2.24, 2.45) is 0 Å². The van der Waals surface area contributed by atoms with Crippen molar-refractivity contribution >= 4 is 33.2 Å². The van der Waals surface area contributed by atoms with E-state index in [9.17, 15) is 4.79 Å². The molecule has 1 aliphatic heterocycles. The van der Waals surface area contributed by atoms with Gasteiger partial charge in [-0.15, -0.1) is 11.3 Å². The number of rotatable bonds is 1. The highest BCUT2D eigenvalue weighted by molar-refractivity contribution is 7.17. The second-order valence-corrected chi connectivity index (χ2v) is 7.54. The van der Waals surface area contributed by atoms with E-state index in [-0.39, 0.29) is 6.09 Å². The summed E-state index contributed by atoms with van der Waals surface area (Å²) in [5.41, 5.74) is 0.803. The molecule has 5 heteroatoms. The summed E-state index contributed by atoms with van der Waals surface area (Å²) in [6.45, 7) is 8.80. The summed E-state index contributed by atoms with van der Waals surface area (Å²) in [5, 5.41) is 3.41. The van der Waals surface area contributed by atoms with Gasteiger partial charge in [0.15, 0.2) is 0 Å². The number of anilines is 1. The second kappa shape index (κ2) is 5.80. The standard InChI is InChI=1S/C17H22N2O2S/c1-17(2,3)21-16(20)19-9-7-18(8-10-19)14-5-4-13-6-11-22-15(13)12-14/h4-6,11-12H,7-10H2,1-3H3. The summed E-state index contributed by atoms with van der Waals surface area (Å²) in [6, 6.07) is 8.72. The molecule has 1 aromatic heterocycles. The van der Waals surface area contributed by atoms with Crippen molar-refractivity contribution < 1.29 is 9.53 Å². The Balaban J connectivity index is 1.62. The van der Waals surface area contributed by atoms with Crippen LogP contribution in [0.5, 0.6) is 0 Å². The highest BCUT2D eigenvalue weighted by Gasteiger charge is 2.25. The van der Waals surface area contributed by atoms with Crippen molar-refractivity contribution in [1.29, 1.82) is 0 Å². The minimum absolute atomic E-state index is 0.208. The molecule has 1 saturated heterocycles. The van der Waals surface area contributed by atoms with Crippen molar-refractivity contribution in [1.82, 2.24) is 4.90 Å². The number of amides is 1. The van der Waals surface area contributed by atoms with Gasteiger partial charge < -0.3 is 14.5 Å². The second-order valence-electron chi connectivity index (χ2n) is 6.60. The number of piperazine rings is 1. The zero-order valence-corrected chi connectivity index (χ0v) is 14.2. The molecule has 0 unspecified atom stereocenters. The zero-order chi connectivity index (χ0) is 15.7. The quantitative estimate of drug-likeness (QED) is 0.798. The van der Waals surface area contributed by atoms with E-state index in [2.05, 4.69) is 34.5 Å². The fourth-order valence-electron chi connectivity index (χ4n) is 2.61. The number of nitrogens with zero attached hydrogens (tertiary/aromatic N) is 2. The molecule has 0 N–H and O–H groups in total. The summed E-state index contributed by atoms with van der Waals surface area (Å²) in [7, 11) is 0. The molecule has 0 bridgehead atoms. The van der Waals surface area contributed by atoms with E-state index in [1.807, 2.05) is 20.8 Å². The lowest BCUT2D eigenvalue weighted by atomic mass is 10.2. The molecule has 1 aliphatic rings. The van der Waals surface area contributed by atoms with Crippen LogP contribution in [0.2, 0.25) is 0 Å². The molecule has 22 heavy (non-hydrogen) atoms. The lowest BCUT2D eigenvalue weighted by Crippen LogP contribution is -2.50. The van der Waals surface area contributed by atoms with E-state index < -0.39 is 5.60 Å². The van der Waals surface area contributed by atoms with Gasteiger partial charge in [0.25, 0.3) is 0 Å². The Kier molecular flexibility index (Phi) is 4.00. The fraction of sp³-hybridized carbons (Fsp3) is 0.471. The SMILES string of the molecule is CC(C)(C)OC(=O)N1CCN(c2ccc3ccsc3c2)CC1. The van der Waals surface area contributed by atoms with E-state index in [0.29, 0.717) is 13.1 Å². The molecule has 2 heterocycles. The van der Waals surface area contributed by atoms with Gasteiger partial charge in [-0.3, -0.25) is 0 Å². The van der Waals surface area contributed by atoms with E-state index >= 15 is 0 Å². The Labute approximate surface area is 135 Å². The monoisotopic (exact) mass is 318 g/mol. The number of carbonyl (C=O) groups is 1. The van der Waals surface area contributed by atoms with Crippen molar-refractivity contribution in [3.8, 4) is 0 Å². The van der Waals surface area contributed by atoms with Gasteiger partial charge in [0, 0.05) is 36.6 Å². The van der Waals surface area contributed by atoms with E-state index in [4.69, 9.17) is 4.74 Å². The molecule has 1 amide bonds. The Morgan fingerprint density at radius 2 is 1.86 bits per heavy atom. The number of thiophene rings is 1. The number of hydrogen-bond acceptors (Lipinski definition) is 4. The number of hydrogen-bond donors (Lipinski definition) is 0. The van der Waals surface area contributed by atoms with Gasteiger partial charge in [0.05, 0.1) is 0 Å². The fourth-order valence-corrected chi connectivity index (χ4v) is 3.44. The Morgan fingerprint density at radius 3 is 2.55 bits per heavy atom. The van der Waals surface area contributed by atoms with E-state index in [1.54, 1.807) is 16.2 Å². The van der Waals surface area contributed by atoms with Gasteiger partial charge in [0.2, 0.25) is 0 Å². The number of ether oxygens (including phenoxy) is 1. The topological polar surface area (TPSA) is 32.8 Å². The van der Waals surface area contributed by atoms with Gasteiger partial charge in [-0.05, 0) is 49.7 Å². The number of carbonyl (C=O) groups excluding carboxylic acids is 1. The first kappa shape index (κ1) is 15.2. The van der Waals surface area contributed by atoms with Crippen molar-refractivity contribution in [3.63, 3.8) is 0 Å². The predicted molar refractivity (Wildman–Crippen MR) is 91.8 cm³/mol. The van der Waals surface area contributed by atoms with E-state index in [1.165, 1.54) is 15.8 Å². The molecule has 0 aliphatic carbocycles. The summed E-state index contributed by atoms with van der Waals surface area (Å²) >= 11 is 1.77. The Bertz CT molecular complexity index is 667. The van der Waals surface area contributed by atoms with Gasteiger partial charge in [-0.25, -0.2) is 4.79 Å². The largest absolute Gasteiger partial charge is 0.444 e. The van der Waals surface area contributed by atoms with Crippen molar-refractivity contribution in [2.75, 3.05) is 31.1 Å². The molecular formula is C17H22N2O2S. The first-order chi connectivity index (χ1) is 10.4. The molecule has 118 valence electrons. The highest BCUT2D eigenvalue weighted by Crippen LogP contribution is 2.27. The highest BCUT2D eigenvalue weighted by atomic mass is 32.1. The average Bonchev–Trinajstić information content (AvgIpc) is 2.93. The molecule has 1 aromatic carbocycles. The summed E-state index contributed by atoms with van der Waals surface area (Å²) in [6.07, 6.45) is -0.208. The molecule has 0 spiro atoms. The third-order valence-corrected chi connectivity index (χ3v) is 4.62. The number of benzene rings is 1. The zero-order valence-electron chi connectivity index (χ0n) is 13.3. The first-order valence-corrected chi connectivity index (χ1v) is 8.50. The molecule has 0 radical (unpaired) electrons. The average molecular weight is 318 g/mol. The molecular weight excluding hydrogens is 296 g/mol. The first-order valence-electron chi connectivity index (χ1n) is 7.62. The smallest absolute Gasteiger partial charge is 0.410 e. The maximum absolute atomic E-state index is 12.1. The van der Waals surface area contributed by atoms with Crippen LogP contribution in [-0.4, -0.2) is 42.8 Å². The summed E-state index contributed by atoms with van der Waals surface area (Å²) in [4.78, 5) is 16.2. The summed E-state index contributed by atoms with van der Waals surface area (Å²) < 4.78 is 6.75. The number of fused-ring (bicyclic) bond motifs is 1. The molecule has 4 nitrogen and oxygen atoms in total. The van der Waals surface area contributed by atoms with Crippen LogP contribution in [0.15, 0.2) is 29.6 Å². The van der Waals surface area contributed by atoms with Crippen LogP contribution >= 0.6 is 11.3 Å². The molecule has 0 saturated carbocycles.